The first kappa shape index (κ1) is 10.4. The van der Waals surface area contributed by atoms with Gasteiger partial charge >= 0.3 is 0 Å². The molecule has 5 heteroatoms. The number of aromatic amines is 1. The fraction of sp³-hybridized carbons (Fsp3) is 0.182. The fourth-order valence-corrected chi connectivity index (χ4v) is 1.26. The molecule has 2 aromatic rings. The second-order valence-electron chi connectivity index (χ2n) is 3.57. The Morgan fingerprint density at radius 3 is 2.69 bits per heavy atom. The Bertz CT molecular complexity index is 501. The van der Waals surface area contributed by atoms with Crippen LogP contribution in [0.1, 0.15) is 21.6 Å². The van der Waals surface area contributed by atoms with Gasteiger partial charge in [-0.2, -0.15) is 5.10 Å². The lowest BCUT2D eigenvalue weighted by atomic mass is 10.2. The Hall–Kier alpha value is -2.17. The Labute approximate surface area is 92.9 Å². The van der Waals surface area contributed by atoms with Gasteiger partial charge in [0.05, 0.1) is 11.8 Å². The van der Waals surface area contributed by atoms with E-state index in [1.54, 1.807) is 24.5 Å². The molecule has 0 bridgehead atoms. The number of rotatable bonds is 2. The minimum Gasteiger partial charge on any atom is -0.307 e. The van der Waals surface area contributed by atoms with E-state index in [4.69, 9.17) is 0 Å². The van der Waals surface area contributed by atoms with Crippen LogP contribution in [0.4, 0.5) is 5.82 Å². The lowest BCUT2D eigenvalue weighted by Gasteiger charge is -2.03. The summed E-state index contributed by atoms with van der Waals surface area (Å²) in [4.78, 5) is 15.8. The number of anilines is 1. The van der Waals surface area contributed by atoms with Gasteiger partial charge in [0.25, 0.3) is 5.91 Å². The van der Waals surface area contributed by atoms with Crippen molar-refractivity contribution in [2.24, 2.45) is 0 Å². The van der Waals surface area contributed by atoms with Gasteiger partial charge in [0.15, 0.2) is 0 Å². The van der Waals surface area contributed by atoms with Crippen molar-refractivity contribution in [3.05, 3.63) is 41.3 Å². The molecule has 2 heterocycles. The smallest absolute Gasteiger partial charge is 0.258 e. The molecule has 0 spiro atoms. The van der Waals surface area contributed by atoms with E-state index in [1.165, 1.54) is 0 Å². The van der Waals surface area contributed by atoms with E-state index in [0.29, 0.717) is 11.4 Å². The van der Waals surface area contributed by atoms with Gasteiger partial charge in [0.2, 0.25) is 0 Å². The quantitative estimate of drug-likeness (QED) is 0.802. The van der Waals surface area contributed by atoms with Crippen molar-refractivity contribution in [2.45, 2.75) is 13.8 Å². The summed E-state index contributed by atoms with van der Waals surface area (Å²) in [6.45, 7) is 3.74. The largest absolute Gasteiger partial charge is 0.307 e. The number of H-pyrrole nitrogens is 1. The zero-order valence-electron chi connectivity index (χ0n) is 9.11. The third kappa shape index (κ3) is 2.08. The molecule has 0 atom stereocenters. The molecule has 0 fully saturated rings. The lowest BCUT2D eigenvalue weighted by molar-refractivity contribution is 0.102. The molecule has 0 unspecified atom stereocenters. The number of carbonyl (C=O) groups excluding carboxylic acids is 1. The molecule has 0 saturated heterocycles. The first-order valence-corrected chi connectivity index (χ1v) is 4.91. The molecule has 0 aromatic carbocycles. The topological polar surface area (TPSA) is 70.7 Å². The zero-order valence-corrected chi connectivity index (χ0v) is 9.11. The van der Waals surface area contributed by atoms with Gasteiger partial charge in [-0.25, -0.2) is 0 Å². The van der Waals surface area contributed by atoms with Gasteiger partial charge in [-0.1, -0.05) is 0 Å². The monoisotopic (exact) mass is 216 g/mol. The Morgan fingerprint density at radius 1 is 1.31 bits per heavy atom. The number of nitrogens with zero attached hydrogens (tertiary/aromatic N) is 2. The van der Waals surface area contributed by atoms with Crippen molar-refractivity contribution >= 4 is 11.7 Å². The maximum Gasteiger partial charge on any atom is 0.258 e. The van der Waals surface area contributed by atoms with Crippen molar-refractivity contribution in [2.75, 3.05) is 5.32 Å². The number of nitrogens with one attached hydrogen (secondary N) is 2. The maximum absolute atomic E-state index is 11.8. The van der Waals surface area contributed by atoms with Gasteiger partial charge in [0.1, 0.15) is 5.82 Å². The van der Waals surface area contributed by atoms with Gasteiger partial charge < -0.3 is 5.32 Å². The van der Waals surface area contributed by atoms with Crippen molar-refractivity contribution in [1.29, 1.82) is 0 Å². The van der Waals surface area contributed by atoms with E-state index in [9.17, 15) is 4.79 Å². The molecule has 2 aromatic heterocycles. The van der Waals surface area contributed by atoms with E-state index in [2.05, 4.69) is 20.5 Å². The third-order valence-corrected chi connectivity index (χ3v) is 2.24. The summed E-state index contributed by atoms with van der Waals surface area (Å²) in [6, 6.07) is 3.54. The zero-order chi connectivity index (χ0) is 11.5. The minimum atomic E-state index is -0.195. The number of hydrogen-bond donors (Lipinski definition) is 2. The number of carbonyl (C=O) groups is 1. The van der Waals surface area contributed by atoms with Crippen LogP contribution < -0.4 is 5.32 Å². The highest BCUT2D eigenvalue weighted by molar-refractivity contribution is 6.03. The Morgan fingerprint density at radius 2 is 2.12 bits per heavy atom. The molecule has 0 radical (unpaired) electrons. The second kappa shape index (κ2) is 4.14. The van der Waals surface area contributed by atoms with Gasteiger partial charge in [-0.15, -0.1) is 0 Å². The molecule has 1 amide bonds. The SMILES string of the molecule is Cc1ccc(C(=O)Nc2[nH]ncc2C)cn1. The molecular weight excluding hydrogens is 204 g/mol. The van der Waals surface area contributed by atoms with Crippen molar-refractivity contribution < 1.29 is 4.79 Å². The molecule has 2 N–H and O–H groups in total. The number of hydrogen-bond acceptors (Lipinski definition) is 3. The second-order valence-corrected chi connectivity index (χ2v) is 3.57. The summed E-state index contributed by atoms with van der Waals surface area (Å²) < 4.78 is 0. The standard InChI is InChI=1S/C11H12N4O/c1-7-5-13-15-10(7)14-11(16)9-4-3-8(2)12-6-9/h3-6H,1-2H3,(H2,13,14,15,16). The number of aromatic nitrogens is 3. The van der Waals surface area contributed by atoms with Gasteiger partial charge in [-0.3, -0.25) is 14.9 Å². The van der Waals surface area contributed by atoms with E-state index < -0.39 is 0 Å². The summed E-state index contributed by atoms with van der Waals surface area (Å²) in [7, 11) is 0. The highest BCUT2D eigenvalue weighted by atomic mass is 16.1. The lowest BCUT2D eigenvalue weighted by Crippen LogP contribution is -2.13. The van der Waals surface area contributed by atoms with Gasteiger partial charge in [0, 0.05) is 17.5 Å². The van der Waals surface area contributed by atoms with Crippen LogP contribution in [-0.4, -0.2) is 21.1 Å². The summed E-state index contributed by atoms with van der Waals surface area (Å²) in [5, 5.41) is 9.27. The summed E-state index contributed by atoms with van der Waals surface area (Å²) >= 11 is 0. The Balaban J connectivity index is 2.15. The van der Waals surface area contributed by atoms with E-state index in [1.807, 2.05) is 13.8 Å². The van der Waals surface area contributed by atoms with Gasteiger partial charge in [-0.05, 0) is 26.0 Å². The first-order chi connectivity index (χ1) is 7.66. The van der Waals surface area contributed by atoms with E-state index in [-0.39, 0.29) is 5.91 Å². The summed E-state index contributed by atoms with van der Waals surface area (Å²) in [6.07, 6.45) is 3.21. The average Bonchev–Trinajstić information content (AvgIpc) is 2.65. The van der Waals surface area contributed by atoms with Crippen LogP contribution in [0.3, 0.4) is 0 Å². The number of amides is 1. The maximum atomic E-state index is 11.8. The molecule has 0 aliphatic heterocycles. The van der Waals surface area contributed by atoms with Crippen LogP contribution in [0.2, 0.25) is 0 Å². The van der Waals surface area contributed by atoms with E-state index in [0.717, 1.165) is 11.3 Å². The van der Waals surface area contributed by atoms with Crippen LogP contribution in [0, 0.1) is 13.8 Å². The first-order valence-electron chi connectivity index (χ1n) is 4.91. The summed E-state index contributed by atoms with van der Waals surface area (Å²) in [5.74, 6) is 0.422. The highest BCUT2D eigenvalue weighted by Crippen LogP contribution is 2.10. The minimum absolute atomic E-state index is 0.195. The van der Waals surface area contributed by atoms with Crippen molar-refractivity contribution in [3.63, 3.8) is 0 Å². The third-order valence-electron chi connectivity index (χ3n) is 2.24. The normalized spacial score (nSPS) is 10.1. The average molecular weight is 216 g/mol. The fourth-order valence-electron chi connectivity index (χ4n) is 1.26. The molecule has 82 valence electrons. The highest BCUT2D eigenvalue weighted by Gasteiger charge is 2.08. The Kier molecular flexibility index (Phi) is 2.68. The molecular formula is C11H12N4O. The molecule has 0 aliphatic rings. The van der Waals surface area contributed by atoms with Crippen molar-refractivity contribution in [1.82, 2.24) is 15.2 Å². The van der Waals surface area contributed by atoms with Crippen LogP contribution in [0.25, 0.3) is 0 Å². The van der Waals surface area contributed by atoms with Crippen LogP contribution in [0.15, 0.2) is 24.5 Å². The molecule has 2 rings (SSSR count). The van der Waals surface area contributed by atoms with Crippen LogP contribution >= 0.6 is 0 Å². The molecule has 16 heavy (non-hydrogen) atoms. The van der Waals surface area contributed by atoms with E-state index >= 15 is 0 Å². The molecule has 0 aliphatic carbocycles. The molecule has 5 nitrogen and oxygen atoms in total. The van der Waals surface area contributed by atoms with Crippen LogP contribution in [-0.2, 0) is 0 Å². The predicted molar refractivity (Wildman–Crippen MR) is 60.3 cm³/mol. The summed E-state index contributed by atoms with van der Waals surface area (Å²) in [5.41, 5.74) is 2.31. The number of aryl methyl sites for hydroxylation is 2. The number of pyridine rings is 1. The van der Waals surface area contributed by atoms with Crippen LogP contribution in [0.5, 0.6) is 0 Å². The van der Waals surface area contributed by atoms with Crippen molar-refractivity contribution in [3.8, 4) is 0 Å². The molecule has 0 saturated carbocycles. The predicted octanol–water partition coefficient (Wildman–Crippen LogP) is 1.67.